The summed E-state index contributed by atoms with van der Waals surface area (Å²) in [7, 11) is 9.43. The molecule has 0 N–H and O–H groups in total. The Morgan fingerprint density at radius 2 is 1.09 bits per heavy atom. The van der Waals surface area contributed by atoms with Crippen molar-refractivity contribution >= 4 is 66.9 Å². The van der Waals surface area contributed by atoms with Crippen LogP contribution in [-0.2, 0) is 43.1 Å². The maximum absolute atomic E-state index is 6.65. The first-order valence-electron chi connectivity index (χ1n) is 10.1. The summed E-state index contributed by atoms with van der Waals surface area (Å²) in [5.74, 6) is 1.29. The zero-order valence-corrected chi connectivity index (χ0v) is 25.5. The third-order valence-corrected chi connectivity index (χ3v) is 9.98. The quantitative estimate of drug-likeness (QED) is 0.0708. The molecular weight excluding hydrogens is 618 g/mol. The number of hydrogen-bond acceptors (Lipinski definition) is 10. The molecule has 35 heavy (non-hydrogen) atoms. The van der Waals surface area contributed by atoms with Gasteiger partial charge in [0, 0.05) is 0 Å². The molecule has 2 aromatic rings. The van der Waals surface area contributed by atoms with Crippen LogP contribution < -0.4 is 9.47 Å². The Kier molecular flexibility index (Phi) is 16.8. The molecule has 2 aromatic carbocycles. The summed E-state index contributed by atoms with van der Waals surface area (Å²) in [5.41, 5.74) is 2.00. The van der Waals surface area contributed by atoms with E-state index in [-0.39, 0.29) is 0 Å². The van der Waals surface area contributed by atoms with Crippen LogP contribution in [0.2, 0.25) is 10.0 Å². The monoisotopic (exact) mass is 644 g/mol. The first-order valence-corrected chi connectivity index (χ1v) is 16.4. The Morgan fingerprint density at radius 1 is 0.657 bits per heavy atom. The average Bonchev–Trinajstić information content (AvgIpc) is 2.86. The fraction of sp³-hybridized carbons (Fsp3) is 0.455. The van der Waals surface area contributed by atoms with Gasteiger partial charge in [0.2, 0.25) is 0 Å². The van der Waals surface area contributed by atoms with Crippen LogP contribution >= 0.6 is 66.9 Å². The van der Waals surface area contributed by atoms with Gasteiger partial charge in [-0.15, -0.1) is 0 Å². The molecule has 0 aromatic heterocycles. The van der Waals surface area contributed by atoms with E-state index in [2.05, 4.69) is 0 Å². The molecule has 0 unspecified atom stereocenters. The third kappa shape index (κ3) is 10.6. The van der Waals surface area contributed by atoms with Crippen molar-refractivity contribution in [2.45, 2.75) is 20.6 Å². The maximum atomic E-state index is 6.65. The molecule has 0 bridgehead atoms. The van der Waals surface area contributed by atoms with Crippen LogP contribution in [0, 0.1) is 0 Å². The molecule has 200 valence electrons. The van der Waals surface area contributed by atoms with Crippen molar-refractivity contribution < 1.29 is 41.8 Å². The van der Waals surface area contributed by atoms with Crippen LogP contribution in [-0.4, -0.2) is 54.9 Å². The summed E-state index contributed by atoms with van der Waals surface area (Å²) in [4.78, 5) is 1.81. The predicted octanol–water partition coefficient (Wildman–Crippen LogP) is 7.43. The first-order chi connectivity index (χ1) is 17.1. The molecule has 0 heterocycles. The van der Waals surface area contributed by atoms with Crippen LogP contribution in [0.1, 0.15) is 11.1 Å². The van der Waals surface area contributed by atoms with Gasteiger partial charge >= 0.3 is 241 Å². The second kappa shape index (κ2) is 18.6. The van der Waals surface area contributed by atoms with Crippen LogP contribution in [0.4, 0.5) is 0 Å². The number of hydrogen-bond donors (Lipinski definition) is 0. The van der Waals surface area contributed by atoms with E-state index in [9.17, 15) is 0 Å². The summed E-state index contributed by atoms with van der Waals surface area (Å²) in [6.45, 7) is 2.10. The number of halogens is 2. The predicted molar refractivity (Wildman–Crippen MR) is 146 cm³/mol. The van der Waals surface area contributed by atoms with Gasteiger partial charge in [-0.1, -0.05) is 0 Å². The van der Waals surface area contributed by atoms with Crippen molar-refractivity contribution in [1.29, 1.82) is 0 Å². The molecule has 0 saturated heterocycles. The van der Waals surface area contributed by atoms with Gasteiger partial charge in [-0.25, -0.2) is 0 Å². The number of methoxy groups -OCH3 is 4. The van der Waals surface area contributed by atoms with E-state index in [1.165, 1.54) is 58.2 Å². The van der Waals surface area contributed by atoms with Gasteiger partial charge in [0.05, 0.1) is 0 Å². The van der Waals surface area contributed by atoms with Gasteiger partial charge in [0.1, 0.15) is 0 Å². The van der Waals surface area contributed by atoms with E-state index in [1.54, 1.807) is 28.4 Å². The average molecular weight is 646 g/mol. The molecular formula is C22H28Cl2NiO6S4. The molecule has 0 saturated carbocycles. The SMILES string of the molecule is COCCOSSc1ccc([CH2][Ni][CH2]c2ccc(SSOCCOC)c(OC)c2Cl)c(Cl)c1OC. The van der Waals surface area contributed by atoms with E-state index >= 15 is 0 Å². The Morgan fingerprint density at radius 3 is 1.46 bits per heavy atom. The van der Waals surface area contributed by atoms with Gasteiger partial charge in [0.15, 0.2) is 0 Å². The second-order valence-electron chi connectivity index (χ2n) is 6.45. The number of ether oxygens (including phenoxy) is 4. The molecule has 0 amide bonds. The molecule has 6 nitrogen and oxygen atoms in total. The van der Waals surface area contributed by atoms with Crippen LogP contribution in [0.5, 0.6) is 11.5 Å². The van der Waals surface area contributed by atoms with Gasteiger partial charge in [-0.3, -0.25) is 0 Å². The van der Waals surface area contributed by atoms with Crippen molar-refractivity contribution in [1.82, 2.24) is 0 Å². The van der Waals surface area contributed by atoms with Crippen molar-refractivity contribution in [3.63, 3.8) is 0 Å². The van der Waals surface area contributed by atoms with E-state index in [4.69, 9.17) is 50.5 Å². The minimum atomic E-state index is 0.508. The standard InChI is InChI=1S/2C11H14ClO3S2.Ni/c2*1-8-4-5-9(11(14-3)10(8)12)16-17-15-7-6-13-2;/h2*4-5H,1,6-7H2,2-3H3;. The molecule has 0 spiro atoms. The van der Waals surface area contributed by atoms with Gasteiger partial charge < -0.3 is 0 Å². The van der Waals surface area contributed by atoms with Crippen molar-refractivity contribution in [3.8, 4) is 11.5 Å². The summed E-state index contributed by atoms with van der Waals surface area (Å²) in [6.07, 6.45) is 0. The first kappa shape index (κ1) is 31.6. The Bertz CT molecular complexity index is 841. The van der Waals surface area contributed by atoms with Gasteiger partial charge in [-0.05, 0) is 0 Å². The molecule has 0 aliphatic carbocycles. The Hall–Kier alpha value is 0.354. The molecule has 0 atom stereocenters. The topological polar surface area (TPSA) is 55.4 Å². The fourth-order valence-electron chi connectivity index (χ4n) is 2.48. The molecule has 0 aliphatic heterocycles. The second-order valence-corrected chi connectivity index (χ2v) is 12.2. The third-order valence-electron chi connectivity index (χ3n) is 4.17. The van der Waals surface area contributed by atoms with E-state index in [1.807, 2.05) is 24.3 Å². The van der Waals surface area contributed by atoms with E-state index in [0.717, 1.165) is 31.7 Å². The minimum absolute atomic E-state index is 0.508. The summed E-state index contributed by atoms with van der Waals surface area (Å²) in [6, 6.07) is 8.03. The van der Waals surface area contributed by atoms with Crippen LogP contribution in [0.3, 0.4) is 0 Å². The summed E-state index contributed by atoms with van der Waals surface area (Å²) in [5, 5.41) is 2.66. The van der Waals surface area contributed by atoms with E-state index < -0.39 is 0 Å². The fourth-order valence-corrected chi connectivity index (χ4v) is 7.82. The molecule has 0 radical (unpaired) electrons. The molecule has 0 fully saturated rings. The summed E-state index contributed by atoms with van der Waals surface area (Å²) < 4.78 is 32.0. The van der Waals surface area contributed by atoms with Crippen molar-refractivity contribution in [2.75, 3.05) is 54.9 Å². The molecule has 13 heteroatoms. The van der Waals surface area contributed by atoms with E-state index in [0.29, 0.717) is 48.0 Å². The summed E-state index contributed by atoms with van der Waals surface area (Å²) >= 11 is 17.3. The normalized spacial score (nSPS) is 11.3. The zero-order valence-electron chi connectivity index (χ0n) is 19.7. The van der Waals surface area contributed by atoms with Gasteiger partial charge in [-0.2, -0.15) is 0 Å². The number of rotatable bonds is 18. The van der Waals surface area contributed by atoms with Crippen molar-refractivity contribution in [3.05, 3.63) is 45.4 Å². The molecule has 0 aliphatic rings. The zero-order chi connectivity index (χ0) is 25.5. The Labute approximate surface area is 239 Å². The van der Waals surface area contributed by atoms with Crippen LogP contribution in [0.25, 0.3) is 0 Å². The van der Waals surface area contributed by atoms with Gasteiger partial charge in [0.25, 0.3) is 0 Å². The Balaban J connectivity index is 1.95. The van der Waals surface area contributed by atoms with Crippen LogP contribution in [0.15, 0.2) is 34.1 Å². The molecule has 2 rings (SSSR count). The van der Waals surface area contributed by atoms with Crippen molar-refractivity contribution in [2.24, 2.45) is 0 Å². The number of benzene rings is 2.